The molecule has 1 aliphatic carbocycles. The van der Waals surface area contributed by atoms with Crippen molar-refractivity contribution in [2.24, 2.45) is 0 Å². The van der Waals surface area contributed by atoms with Gasteiger partial charge in [0, 0.05) is 29.0 Å². The first-order valence-electron chi connectivity index (χ1n) is 14.0. The molecule has 2 aliphatic rings. The predicted molar refractivity (Wildman–Crippen MR) is 175 cm³/mol. The molecule has 1 aliphatic heterocycles. The van der Waals surface area contributed by atoms with E-state index in [0.29, 0.717) is 28.8 Å². The van der Waals surface area contributed by atoms with Crippen molar-refractivity contribution in [3.05, 3.63) is 148 Å². The molecule has 0 aromatic heterocycles. The summed E-state index contributed by atoms with van der Waals surface area (Å²) in [5.74, 6) is 1.77. The minimum atomic E-state index is -0.465. The van der Waals surface area contributed by atoms with Gasteiger partial charge in [-0.3, -0.25) is 24.5 Å². The smallest absolute Gasteiger partial charge is 0.312 e. The average Bonchev–Trinajstić information content (AvgIpc) is 3.06. The van der Waals surface area contributed by atoms with Crippen molar-refractivity contribution in [3.63, 3.8) is 0 Å². The Morgan fingerprint density at radius 3 is 2.43 bits per heavy atom. The number of aldehydes is 1. The number of nitrogen functional groups attached to an aromatic ring is 1. The molecule has 0 atom stereocenters. The number of hydrogen-bond acceptors (Lipinski definition) is 7. The fourth-order valence-electron chi connectivity index (χ4n) is 4.53. The Balaban J connectivity index is 0.000000285. The highest BCUT2D eigenvalue weighted by molar-refractivity contribution is 6.76. The van der Waals surface area contributed by atoms with Gasteiger partial charge in [0.2, 0.25) is 5.91 Å². The Bertz CT molecular complexity index is 1670. The Labute approximate surface area is 255 Å². The number of benzene rings is 3. The van der Waals surface area contributed by atoms with E-state index in [4.69, 9.17) is 5.73 Å². The SMILES string of the molecule is Nc1ccc(NC(=O)Cc2ccc(B3C=CC=CN3)cc2)c(C(=O)C2=CCCC=C2)c1.O=C/C=C/c1ccc([N+](=O)[O-])cc1. The lowest BCUT2D eigenvalue weighted by Crippen LogP contribution is -2.41. The molecule has 3 aromatic rings. The largest absolute Gasteiger partial charge is 0.427 e. The second-order valence-corrected chi connectivity index (χ2v) is 9.97. The van der Waals surface area contributed by atoms with Crippen molar-refractivity contribution in [2.75, 3.05) is 11.1 Å². The highest BCUT2D eigenvalue weighted by Crippen LogP contribution is 2.24. The highest BCUT2D eigenvalue weighted by Gasteiger charge is 2.18. The van der Waals surface area contributed by atoms with Crippen LogP contribution in [0.2, 0.25) is 0 Å². The van der Waals surface area contributed by atoms with E-state index in [1.807, 2.05) is 60.8 Å². The normalized spacial score (nSPS) is 13.4. The number of rotatable bonds is 9. The zero-order chi connectivity index (χ0) is 31.3. The van der Waals surface area contributed by atoms with Crippen molar-refractivity contribution >= 4 is 53.4 Å². The number of non-ortho nitro benzene ring substituents is 1. The molecular formula is C34H31BN4O5. The number of nitrogens with one attached hydrogen (secondary N) is 2. The van der Waals surface area contributed by atoms with Crippen LogP contribution in [0.15, 0.2) is 121 Å². The summed E-state index contributed by atoms with van der Waals surface area (Å²) in [5, 5.41) is 16.4. The molecule has 5 rings (SSSR count). The van der Waals surface area contributed by atoms with Gasteiger partial charge in [0.1, 0.15) is 6.29 Å². The van der Waals surface area contributed by atoms with Crippen LogP contribution in [-0.4, -0.2) is 29.7 Å². The molecule has 0 spiro atoms. The number of allylic oxidation sites excluding steroid dienone is 7. The van der Waals surface area contributed by atoms with E-state index in [1.165, 1.54) is 18.2 Å². The number of nitro groups is 1. The maximum Gasteiger partial charge on any atom is 0.312 e. The number of amides is 1. The first kappa shape index (κ1) is 31.2. The lowest BCUT2D eigenvalue weighted by Gasteiger charge is -2.14. The minimum absolute atomic E-state index is 0.0447. The van der Waals surface area contributed by atoms with E-state index in [0.717, 1.165) is 29.4 Å². The van der Waals surface area contributed by atoms with Gasteiger partial charge in [0.05, 0.1) is 17.0 Å². The van der Waals surface area contributed by atoms with Gasteiger partial charge >= 0.3 is 6.85 Å². The average molecular weight is 586 g/mol. The quantitative estimate of drug-likeness (QED) is 0.0600. The molecule has 0 fully saturated rings. The van der Waals surface area contributed by atoms with Crippen LogP contribution in [0.25, 0.3) is 6.08 Å². The van der Waals surface area contributed by atoms with Crippen LogP contribution in [0.5, 0.6) is 0 Å². The topological polar surface area (TPSA) is 144 Å². The third-order valence-electron chi connectivity index (χ3n) is 6.78. The fourth-order valence-corrected chi connectivity index (χ4v) is 4.53. The molecule has 0 radical (unpaired) electrons. The molecule has 220 valence electrons. The van der Waals surface area contributed by atoms with Gasteiger partial charge in [0.15, 0.2) is 5.78 Å². The minimum Gasteiger partial charge on any atom is -0.427 e. The van der Waals surface area contributed by atoms with E-state index in [9.17, 15) is 24.5 Å². The number of ketones is 1. The number of carbonyl (C=O) groups is 3. The lowest BCUT2D eigenvalue weighted by atomic mass is 9.55. The monoisotopic (exact) mass is 586 g/mol. The standard InChI is InChI=1S/C25H24BN3O2.C9H7NO3/c27-21-12-13-23(22(17-21)25(31)19-6-2-1-3-7-19)29-24(30)16-18-8-10-20(11-9-18)26-14-4-5-15-28-26;11-7-1-2-8-3-5-9(6-4-8)10(12)13/h2,4-15,17,28H,1,3,16,27H2,(H,29,30);1-7H/b;2-1+. The molecule has 3 aromatic carbocycles. The van der Waals surface area contributed by atoms with Crippen molar-refractivity contribution in [3.8, 4) is 0 Å². The summed E-state index contributed by atoms with van der Waals surface area (Å²) in [5.41, 5.74) is 10.7. The second-order valence-electron chi connectivity index (χ2n) is 9.97. The number of Topliss-reactive ketones (excluding diaryl/α,β-unsaturated/α-hetero) is 1. The summed E-state index contributed by atoms with van der Waals surface area (Å²) >= 11 is 0. The Hall–Kier alpha value is -5.77. The van der Waals surface area contributed by atoms with E-state index >= 15 is 0 Å². The van der Waals surface area contributed by atoms with Gasteiger partial charge in [-0.25, -0.2) is 0 Å². The second kappa shape index (κ2) is 15.5. The van der Waals surface area contributed by atoms with Crippen molar-refractivity contribution in [1.29, 1.82) is 0 Å². The van der Waals surface area contributed by atoms with Crippen LogP contribution in [0.1, 0.15) is 34.3 Å². The van der Waals surface area contributed by atoms with Gasteiger partial charge in [0.25, 0.3) is 5.69 Å². The molecule has 0 saturated carbocycles. The molecule has 1 amide bonds. The van der Waals surface area contributed by atoms with Crippen LogP contribution in [-0.2, 0) is 16.0 Å². The first-order valence-corrected chi connectivity index (χ1v) is 14.0. The van der Waals surface area contributed by atoms with Gasteiger partial charge < -0.3 is 16.3 Å². The van der Waals surface area contributed by atoms with E-state index < -0.39 is 4.92 Å². The van der Waals surface area contributed by atoms with Crippen LogP contribution in [0, 0.1) is 10.1 Å². The Morgan fingerprint density at radius 1 is 1.02 bits per heavy atom. The number of hydrogen-bond donors (Lipinski definition) is 3. The zero-order valence-corrected chi connectivity index (χ0v) is 23.9. The maximum absolute atomic E-state index is 13.0. The van der Waals surface area contributed by atoms with Crippen LogP contribution in [0.3, 0.4) is 0 Å². The molecule has 0 unspecified atom stereocenters. The van der Waals surface area contributed by atoms with Crippen LogP contribution in [0.4, 0.5) is 17.1 Å². The zero-order valence-electron chi connectivity index (χ0n) is 23.9. The molecule has 0 bridgehead atoms. The van der Waals surface area contributed by atoms with Gasteiger partial charge in [-0.2, -0.15) is 0 Å². The number of nitro benzene ring substituents is 1. The molecule has 9 nitrogen and oxygen atoms in total. The van der Waals surface area contributed by atoms with Gasteiger partial charge in [-0.1, -0.05) is 66.1 Å². The number of nitrogens with zero attached hydrogens (tertiary/aromatic N) is 1. The first-order chi connectivity index (χ1) is 21.3. The number of carbonyl (C=O) groups excluding carboxylic acids is 3. The lowest BCUT2D eigenvalue weighted by molar-refractivity contribution is -0.384. The molecular weight excluding hydrogens is 555 g/mol. The highest BCUT2D eigenvalue weighted by atomic mass is 16.6. The van der Waals surface area contributed by atoms with Gasteiger partial charge in [-0.15, -0.1) is 0 Å². The Morgan fingerprint density at radius 2 is 1.80 bits per heavy atom. The van der Waals surface area contributed by atoms with Crippen molar-refractivity contribution in [2.45, 2.75) is 19.3 Å². The predicted octanol–water partition coefficient (Wildman–Crippen LogP) is 5.13. The van der Waals surface area contributed by atoms with E-state index in [-0.39, 0.29) is 30.6 Å². The maximum atomic E-state index is 13.0. The summed E-state index contributed by atoms with van der Waals surface area (Å²) in [6.45, 7) is 0.138. The summed E-state index contributed by atoms with van der Waals surface area (Å²) in [4.78, 5) is 45.4. The summed E-state index contributed by atoms with van der Waals surface area (Å²) in [6.07, 6.45) is 17.2. The van der Waals surface area contributed by atoms with Crippen molar-refractivity contribution < 1.29 is 19.3 Å². The third kappa shape index (κ3) is 8.87. The molecule has 10 heteroatoms. The summed E-state index contributed by atoms with van der Waals surface area (Å²) in [7, 11) is 0. The number of anilines is 2. The van der Waals surface area contributed by atoms with Gasteiger partial charge in [-0.05, 0) is 72.7 Å². The summed E-state index contributed by atoms with van der Waals surface area (Å²) < 4.78 is 0. The fraction of sp³-hybridized carbons (Fsp3) is 0.0882. The van der Waals surface area contributed by atoms with E-state index in [1.54, 1.807) is 36.4 Å². The number of nitrogens with two attached hydrogens (primary N) is 1. The van der Waals surface area contributed by atoms with Crippen molar-refractivity contribution in [1.82, 2.24) is 5.23 Å². The summed E-state index contributed by atoms with van der Waals surface area (Å²) in [6, 6.07) is 18.9. The molecule has 44 heavy (non-hydrogen) atoms. The molecule has 0 saturated heterocycles. The third-order valence-corrected chi connectivity index (χ3v) is 6.78. The van der Waals surface area contributed by atoms with Crippen LogP contribution >= 0.6 is 0 Å². The molecule has 4 N–H and O–H groups in total. The Kier molecular flexibility index (Phi) is 11.0. The van der Waals surface area contributed by atoms with Crippen LogP contribution < -0.4 is 21.7 Å². The van der Waals surface area contributed by atoms with E-state index in [2.05, 4.69) is 16.5 Å². The molecule has 1 heterocycles.